The van der Waals surface area contributed by atoms with Gasteiger partial charge in [0.05, 0.1) is 5.69 Å². The number of sulfonamides is 1. The van der Waals surface area contributed by atoms with E-state index in [1.54, 1.807) is 12.1 Å². The molecule has 20 heavy (non-hydrogen) atoms. The monoisotopic (exact) mass is 438 g/mol. The van der Waals surface area contributed by atoms with Crippen molar-refractivity contribution >= 4 is 59.2 Å². The van der Waals surface area contributed by atoms with Crippen molar-refractivity contribution in [3.05, 3.63) is 50.1 Å². The number of hydrogen-bond donors (Lipinski definition) is 1. The second-order valence-corrected chi connectivity index (χ2v) is 7.81. The van der Waals surface area contributed by atoms with Crippen LogP contribution in [0.3, 0.4) is 0 Å². The molecule has 1 aromatic carbocycles. The molecule has 0 saturated heterocycles. The number of nitrogens with zero attached hydrogens (tertiary/aromatic N) is 1. The smallest absolute Gasteiger partial charge is 0.265 e. The van der Waals surface area contributed by atoms with E-state index in [0.717, 1.165) is 5.56 Å². The van der Waals surface area contributed by atoms with E-state index in [1.165, 1.54) is 12.3 Å². The van der Waals surface area contributed by atoms with Gasteiger partial charge in [-0.15, -0.1) is 0 Å². The fourth-order valence-corrected chi connectivity index (χ4v) is 4.00. The molecule has 4 nitrogen and oxygen atoms in total. The molecule has 1 aromatic heterocycles. The zero-order valence-electron chi connectivity index (χ0n) is 10.2. The van der Waals surface area contributed by atoms with Crippen molar-refractivity contribution in [2.75, 3.05) is 4.72 Å². The molecule has 0 bridgehead atoms. The number of aryl methyl sites for hydroxylation is 1. The van der Waals surface area contributed by atoms with E-state index in [2.05, 4.69) is 41.6 Å². The zero-order valence-corrected chi connectivity index (χ0v) is 14.9. The lowest BCUT2D eigenvalue weighted by atomic mass is 10.2. The number of hydrogen-bond acceptors (Lipinski definition) is 3. The van der Waals surface area contributed by atoms with Crippen LogP contribution >= 0.6 is 43.5 Å². The summed E-state index contributed by atoms with van der Waals surface area (Å²) in [7, 11) is -3.81. The number of pyridine rings is 1. The number of aromatic nitrogens is 1. The minimum Gasteiger partial charge on any atom is -0.278 e. The zero-order chi connectivity index (χ0) is 14.9. The molecule has 0 amide bonds. The molecule has 0 aliphatic carbocycles. The third-order valence-electron chi connectivity index (χ3n) is 2.43. The molecule has 2 aromatic rings. The molecule has 0 radical (unpaired) electrons. The summed E-state index contributed by atoms with van der Waals surface area (Å²) >= 11 is 12.3. The van der Waals surface area contributed by atoms with Crippen LogP contribution in [0.15, 0.2) is 44.3 Å². The largest absolute Gasteiger partial charge is 0.278 e. The lowest BCUT2D eigenvalue weighted by molar-refractivity contribution is 0.601. The maximum atomic E-state index is 12.4. The lowest BCUT2D eigenvalue weighted by Gasteiger charge is -2.11. The molecule has 2 rings (SSSR count). The molecule has 0 fully saturated rings. The summed E-state index contributed by atoms with van der Waals surface area (Å²) in [5.74, 6) is 0. The topological polar surface area (TPSA) is 59.1 Å². The lowest BCUT2D eigenvalue weighted by Crippen LogP contribution is -2.14. The first-order valence-electron chi connectivity index (χ1n) is 5.39. The molecule has 8 heteroatoms. The van der Waals surface area contributed by atoms with Crippen LogP contribution in [0.5, 0.6) is 0 Å². The molecule has 0 unspecified atom stereocenters. The van der Waals surface area contributed by atoms with Crippen LogP contribution in [0.2, 0.25) is 5.15 Å². The van der Waals surface area contributed by atoms with Crippen molar-refractivity contribution < 1.29 is 8.42 Å². The van der Waals surface area contributed by atoms with Crippen molar-refractivity contribution in [3.8, 4) is 0 Å². The van der Waals surface area contributed by atoms with Crippen LogP contribution in [-0.4, -0.2) is 13.4 Å². The van der Waals surface area contributed by atoms with E-state index in [-0.39, 0.29) is 10.0 Å². The van der Waals surface area contributed by atoms with Crippen LogP contribution in [0, 0.1) is 6.92 Å². The first-order valence-corrected chi connectivity index (χ1v) is 8.84. The molecule has 1 N–H and O–H groups in total. The molecular formula is C12H9Br2ClN2O2S. The predicted octanol–water partition coefficient (Wildman–Crippen LogP) is 4.37. The summed E-state index contributed by atoms with van der Waals surface area (Å²) < 4.78 is 28.4. The van der Waals surface area contributed by atoms with Crippen molar-refractivity contribution in [3.63, 3.8) is 0 Å². The molecule has 0 aliphatic heterocycles. The van der Waals surface area contributed by atoms with Gasteiger partial charge in [0, 0.05) is 15.1 Å². The number of benzene rings is 1. The Kier molecular flexibility index (Phi) is 4.73. The van der Waals surface area contributed by atoms with Crippen molar-refractivity contribution in [1.82, 2.24) is 4.98 Å². The van der Waals surface area contributed by atoms with Crippen LogP contribution < -0.4 is 4.72 Å². The Bertz CT molecular complexity index is 766. The number of anilines is 1. The quantitative estimate of drug-likeness (QED) is 0.721. The first kappa shape index (κ1) is 15.8. The van der Waals surface area contributed by atoms with Gasteiger partial charge in [-0.1, -0.05) is 17.7 Å². The van der Waals surface area contributed by atoms with Gasteiger partial charge < -0.3 is 0 Å². The number of halogens is 3. The third kappa shape index (κ3) is 3.52. The minimum absolute atomic E-state index is 0.0792. The van der Waals surface area contributed by atoms with Crippen molar-refractivity contribution in [1.29, 1.82) is 0 Å². The molecular weight excluding hydrogens is 431 g/mol. The maximum Gasteiger partial charge on any atom is 0.265 e. The highest BCUT2D eigenvalue weighted by atomic mass is 79.9. The van der Waals surface area contributed by atoms with Gasteiger partial charge in [-0.25, -0.2) is 13.4 Å². The summed E-state index contributed by atoms with van der Waals surface area (Å²) in [5, 5.41) is -0.0792. The van der Waals surface area contributed by atoms with Crippen molar-refractivity contribution in [2.24, 2.45) is 0 Å². The Morgan fingerprint density at radius 1 is 1.25 bits per heavy atom. The Labute approximate surface area is 138 Å². The van der Waals surface area contributed by atoms with E-state index < -0.39 is 10.0 Å². The predicted molar refractivity (Wildman–Crippen MR) is 86.6 cm³/mol. The minimum atomic E-state index is -3.81. The molecule has 106 valence electrons. The van der Waals surface area contributed by atoms with E-state index in [4.69, 9.17) is 11.6 Å². The molecule has 0 atom stereocenters. The molecule has 1 heterocycles. The summed E-state index contributed by atoms with van der Waals surface area (Å²) in [4.78, 5) is 3.73. The van der Waals surface area contributed by atoms with Crippen LogP contribution in [-0.2, 0) is 10.0 Å². The van der Waals surface area contributed by atoms with Crippen LogP contribution in [0.4, 0.5) is 5.69 Å². The summed E-state index contributed by atoms with van der Waals surface area (Å²) in [6.45, 7) is 1.87. The van der Waals surface area contributed by atoms with E-state index >= 15 is 0 Å². The van der Waals surface area contributed by atoms with Crippen LogP contribution in [0.1, 0.15) is 5.56 Å². The Hall–Kier alpha value is -0.630. The Morgan fingerprint density at radius 3 is 2.65 bits per heavy atom. The van der Waals surface area contributed by atoms with Gasteiger partial charge in [0.15, 0.2) is 0 Å². The summed E-state index contributed by atoms with van der Waals surface area (Å²) in [6, 6.07) is 6.77. The second-order valence-electron chi connectivity index (χ2n) is 4.03. The highest BCUT2D eigenvalue weighted by Gasteiger charge is 2.20. The van der Waals surface area contributed by atoms with Gasteiger partial charge in [0.2, 0.25) is 0 Å². The van der Waals surface area contributed by atoms with E-state index in [9.17, 15) is 8.42 Å². The van der Waals surface area contributed by atoms with Gasteiger partial charge in [-0.3, -0.25) is 4.72 Å². The van der Waals surface area contributed by atoms with E-state index in [0.29, 0.717) is 14.6 Å². The van der Waals surface area contributed by atoms with Gasteiger partial charge in [0.25, 0.3) is 10.0 Å². The standard InChI is InChI=1S/C12H9Br2ClN2O2S/c1-7-2-3-9(14)10(4-7)17-20(18,19)11-5-8(13)6-16-12(11)15/h2-6,17H,1H3. The molecule has 0 spiro atoms. The fourth-order valence-electron chi connectivity index (χ4n) is 1.51. The third-order valence-corrected chi connectivity index (χ3v) is 5.35. The normalized spacial score (nSPS) is 11.4. The van der Waals surface area contributed by atoms with Gasteiger partial charge in [-0.2, -0.15) is 0 Å². The SMILES string of the molecule is Cc1ccc(Br)c(NS(=O)(=O)c2cc(Br)cnc2Cl)c1. The summed E-state index contributed by atoms with van der Waals surface area (Å²) in [5.41, 5.74) is 1.38. The second kappa shape index (κ2) is 6.01. The van der Waals surface area contributed by atoms with Crippen LogP contribution in [0.25, 0.3) is 0 Å². The highest BCUT2D eigenvalue weighted by molar-refractivity contribution is 9.10. The van der Waals surface area contributed by atoms with Gasteiger partial charge >= 0.3 is 0 Å². The fraction of sp³-hybridized carbons (Fsp3) is 0.0833. The van der Waals surface area contributed by atoms with E-state index in [1.807, 2.05) is 13.0 Å². The first-order chi connectivity index (χ1) is 9.29. The van der Waals surface area contributed by atoms with Gasteiger partial charge in [0.1, 0.15) is 10.0 Å². The highest BCUT2D eigenvalue weighted by Crippen LogP contribution is 2.29. The summed E-state index contributed by atoms with van der Waals surface area (Å²) in [6.07, 6.45) is 1.43. The molecule has 0 aliphatic rings. The average molecular weight is 441 g/mol. The number of nitrogens with one attached hydrogen (secondary N) is 1. The Morgan fingerprint density at radius 2 is 1.95 bits per heavy atom. The van der Waals surface area contributed by atoms with Crippen molar-refractivity contribution in [2.45, 2.75) is 11.8 Å². The Balaban J connectivity index is 2.46. The average Bonchev–Trinajstić information content (AvgIpc) is 2.36. The maximum absolute atomic E-state index is 12.4. The van der Waals surface area contributed by atoms with Gasteiger partial charge in [-0.05, 0) is 62.5 Å². The molecule has 0 saturated carbocycles. The number of rotatable bonds is 3.